The van der Waals surface area contributed by atoms with Gasteiger partial charge in [0.2, 0.25) is 0 Å². The fourth-order valence-electron chi connectivity index (χ4n) is 3.99. The summed E-state index contributed by atoms with van der Waals surface area (Å²) in [6.07, 6.45) is 26.4. The van der Waals surface area contributed by atoms with Crippen molar-refractivity contribution in [3.05, 3.63) is 0 Å². The molecule has 0 aliphatic carbocycles. The summed E-state index contributed by atoms with van der Waals surface area (Å²) in [7, 11) is 0. The molecule has 0 rings (SSSR count). The van der Waals surface area contributed by atoms with Crippen LogP contribution in [0.5, 0.6) is 0 Å². The van der Waals surface area contributed by atoms with E-state index < -0.39 is 0 Å². The Balaban J connectivity index is 3.98. The molecule has 0 amide bonds. The molecule has 0 saturated carbocycles. The van der Waals surface area contributed by atoms with Crippen LogP contribution in [-0.4, -0.2) is 6.04 Å². The summed E-state index contributed by atoms with van der Waals surface area (Å²) < 4.78 is 0. The van der Waals surface area contributed by atoms with Gasteiger partial charge in [-0.3, -0.25) is 0 Å². The van der Waals surface area contributed by atoms with Gasteiger partial charge in [0.05, 0.1) is 0 Å². The van der Waals surface area contributed by atoms with Crippen LogP contribution in [0.1, 0.15) is 143 Å². The van der Waals surface area contributed by atoms with Crippen LogP contribution < -0.4 is 5.73 Å². The summed E-state index contributed by atoms with van der Waals surface area (Å²) in [5, 5.41) is 0. The van der Waals surface area contributed by atoms with Crippen molar-refractivity contribution in [2.75, 3.05) is 0 Å². The number of unbranched alkanes of at least 4 members (excludes halogenated alkanes) is 13. The van der Waals surface area contributed by atoms with Crippen LogP contribution in [0.4, 0.5) is 0 Å². The fraction of sp³-hybridized carbons (Fsp3) is 1.00. The number of hydrogen-bond donors (Lipinski definition) is 1. The molecule has 25 heavy (non-hydrogen) atoms. The van der Waals surface area contributed by atoms with Crippen molar-refractivity contribution in [2.45, 2.75) is 149 Å². The third kappa shape index (κ3) is 17.1. The van der Waals surface area contributed by atoms with E-state index >= 15 is 0 Å². The standard InChI is InChI=1S/C24H51N/c1-4-7-10-13-16-18-21-23(20-17-14-11-8-5-2)24(25)22-19-15-12-9-6-3/h23-24H,4-22,25H2,1-3H3. The lowest BCUT2D eigenvalue weighted by Gasteiger charge is -2.24. The number of nitrogens with two attached hydrogens (primary N) is 1. The quantitative estimate of drug-likeness (QED) is 0.218. The molecule has 2 N–H and O–H groups in total. The Hall–Kier alpha value is -0.0400. The maximum absolute atomic E-state index is 6.64. The molecule has 0 fully saturated rings. The molecule has 0 aliphatic heterocycles. The Kier molecular flexibility index (Phi) is 20.2. The predicted octanol–water partition coefficient (Wildman–Crippen LogP) is 8.40. The van der Waals surface area contributed by atoms with Crippen molar-refractivity contribution >= 4 is 0 Å². The zero-order valence-corrected chi connectivity index (χ0v) is 18.2. The molecule has 1 nitrogen and oxygen atoms in total. The average Bonchev–Trinajstić information content (AvgIpc) is 2.62. The molecule has 0 aliphatic rings. The molecule has 0 aromatic heterocycles. The molecule has 0 saturated heterocycles. The van der Waals surface area contributed by atoms with E-state index in [0.717, 1.165) is 5.92 Å². The summed E-state index contributed by atoms with van der Waals surface area (Å²) in [5.74, 6) is 0.791. The third-order valence-electron chi connectivity index (χ3n) is 5.85. The minimum atomic E-state index is 0.462. The highest BCUT2D eigenvalue weighted by atomic mass is 14.6. The largest absolute Gasteiger partial charge is 0.327 e. The Bertz CT molecular complexity index is 238. The van der Waals surface area contributed by atoms with Crippen LogP contribution >= 0.6 is 0 Å². The van der Waals surface area contributed by atoms with E-state index in [1.165, 1.54) is 122 Å². The van der Waals surface area contributed by atoms with Crippen LogP contribution in [0.25, 0.3) is 0 Å². The van der Waals surface area contributed by atoms with E-state index in [-0.39, 0.29) is 0 Å². The zero-order chi connectivity index (χ0) is 18.6. The van der Waals surface area contributed by atoms with Gasteiger partial charge in [0.15, 0.2) is 0 Å². The van der Waals surface area contributed by atoms with Gasteiger partial charge in [-0.05, 0) is 25.2 Å². The Morgan fingerprint density at radius 1 is 0.440 bits per heavy atom. The van der Waals surface area contributed by atoms with Crippen molar-refractivity contribution in [1.29, 1.82) is 0 Å². The molecule has 1 heteroatoms. The van der Waals surface area contributed by atoms with Gasteiger partial charge >= 0.3 is 0 Å². The fourth-order valence-corrected chi connectivity index (χ4v) is 3.99. The molecule has 2 unspecified atom stereocenters. The summed E-state index contributed by atoms with van der Waals surface area (Å²) in [4.78, 5) is 0. The first-order valence-corrected chi connectivity index (χ1v) is 12.0. The second-order valence-corrected chi connectivity index (χ2v) is 8.39. The maximum atomic E-state index is 6.64. The van der Waals surface area contributed by atoms with Crippen LogP contribution in [0.2, 0.25) is 0 Å². The summed E-state index contributed by atoms with van der Waals surface area (Å²) >= 11 is 0. The first-order chi connectivity index (χ1) is 12.3. The predicted molar refractivity (Wildman–Crippen MR) is 116 cm³/mol. The molecule has 2 atom stereocenters. The highest BCUT2D eigenvalue weighted by Crippen LogP contribution is 2.24. The Morgan fingerprint density at radius 3 is 1.16 bits per heavy atom. The normalized spacial score (nSPS) is 13.9. The molecule has 0 aromatic carbocycles. The second kappa shape index (κ2) is 20.3. The highest BCUT2D eigenvalue weighted by Gasteiger charge is 2.16. The van der Waals surface area contributed by atoms with Crippen molar-refractivity contribution < 1.29 is 0 Å². The summed E-state index contributed by atoms with van der Waals surface area (Å²) in [5.41, 5.74) is 6.64. The zero-order valence-electron chi connectivity index (χ0n) is 18.2. The monoisotopic (exact) mass is 353 g/mol. The van der Waals surface area contributed by atoms with Crippen LogP contribution in [0.15, 0.2) is 0 Å². The van der Waals surface area contributed by atoms with Gasteiger partial charge in [-0.1, -0.05) is 124 Å². The van der Waals surface area contributed by atoms with Gasteiger partial charge < -0.3 is 5.73 Å². The highest BCUT2D eigenvalue weighted by molar-refractivity contribution is 4.73. The third-order valence-corrected chi connectivity index (χ3v) is 5.85. The first kappa shape index (κ1) is 25.0. The molecular weight excluding hydrogens is 302 g/mol. The SMILES string of the molecule is CCCCCCCCC(CCCCCCC)C(N)CCCCCCC. The van der Waals surface area contributed by atoms with Gasteiger partial charge in [0, 0.05) is 6.04 Å². The van der Waals surface area contributed by atoms with E-state index in [1.807, 2.05) is 0 Å². The van der Waals surface area contributed by atoms with Gasteiger partial charge in [-0.25, -0.2) is 0 Å². The van der Waals surface area contributed by atoms with Crippen LogP contribution in [-0.2, 0) is 0 Å². The van der Waals surface area contributed by atoms with Crippen molar-refractivity contribution in [1.82, 2.24) is 0 Å². The van der Waals surface area contributed by atoms with Gasteiger partial charge in [-0.2, -0.15) is 0 Å². The number of rotatable bonds is 20. The van der Waals surface area contributed by atoms with E-state index in [4.69, 9.17) is 5.73 Å². The first-order valence-electron chi connectivity index (χ1n) is 12.0. The number of hydrogen-bond acceptors (Lipinski definition) is 1. The topological polar surface area (TPSA) is 26.0 Å². The van der Waals surface area contributed by atoms with Crippen molar-refractivity contribution in [3.63, 3.8) is 0 Å². The average molecular weight is 354 g/mol. The van der Waals surface area contributed by atoms with E-state index in [0.29, 0.717) is 6.04 Å². The van der Waals surface area contributed by atoms with Crippen molar-refractivity contribution in [3.8, 4) is 0 Å². The van der Waals surface area contributed by atoms with E-state index in [9.17, 15) is 0 Å². The molecule has 0 spiro atoms. The summed E-state index contributed by atoms with van der Waals surface area (Å²) in [6, 6.07) is 0.462. The van der Waals surface area contributed by atoms with Crippen LogP contribution in [0.3, 0.4) is 0 Å². The Morgan fingerprint density at radius 2 is 0.760 bits per heavy atom. The summed E-state index contributed by atoms with van der Waals surface area (Å²) in [6.45, 7) is 6.89. The van der Waals surface area contributed by atoms with Gasteiger partial charge in [0.25, 0.3) is 0 Å². The Labute approximate surface area is 160 Å². The van der Waals surface area contributed by atoms with Crippen molar-refractivity contribution in [2.24, 2.45) is 11.7 Å². The maximum Gasteiger partial charge on any atom is 0.00671 e. The second-order valence-electron chi connectivity index (χ2n) is 8.39. The van der Waals surface area contributed by atoms with E-state index in [1.54, 1.807) is 0 Å². The molecular formula is C24H51N. The van der Waals surface area contributed by atoms with E-state index in [2.05, 4.69) is 20.8 Å². The minimum absolute atomic E-state index is 0.462. The lowest BCUT2D eigenvalue weighted by atomic mass is 9.86. The smallest absolute Gasteiger partial charge is 0.00671 e. The molecule has 0 bridgehead atoms. The minimum Gasteiger partial charge on any atom is -0.327 e. The molecule has 0 aromatic rings. The lowest BCUT2D eigenvalue weighted by Crippen LogP contribution is -2.30. The molecule has 0 heterocycles. The molecule has 0 radical (unpaired) electrons. The van der Waals surface area contributed by atoms with Gasteiger partial charge in [0.1, 0.15) is 0 Å². The molecule has 152 valence electrons. The lowest BCUT2D eigenvalue weighted by molar-refractivity contribution is 0.322. The van der Waals surface area contributed by atoms with Crippen LogP contribution in [0, 0.1) is 5.92 Å². The van der Waals surface area contributed by atoms with Gasteiger partial charge in [-0.15, -0.1) is 0 Å².